The van der Waals surface area contributed by atoms with Crippen LogP contribution >= 0.6 is 0 Å². The van der Waals surface area contributed by atoms with E-state index >= 15 is 0 Å². The highest BCUT2D eigenvalue weighted by Gasteiger charge is 2.07. The average Bonchev–Trinajstić information content (AvgIpc) is 2.34. The number of nitrogens with two attached hydrogens (primary N) is 1. The molecule has 0 saturated heterocycles. The van der Waals surface area contributed by atoms with Crippen LogP contribution in [0.1, 0.15) is 16.9 Å². The molecule has 1 aromatic heterocycles. The number of nitrogen functional groups attached to an aromatic ring is 1. The van der Waals surface area contributed by atoms with Crippen molar-refractivity contribution in [3.63, 3.8) is 0 Å². The lowest BCUT2D eigenvalue weighted by molar-refractivity contribution is 0.0943. The largest absolute Gasteiger partial charge is 0.385 e. The Morgan fingerprint density at radius 1 is 1.56 bits per heavy atom. The third-order valence-corrected chi connectivity index (χ3v) is 1.83. The Kier molecular flexibility index (Phi) is 5.17. The maximum absolute atomic E-state index is 11.6. The van der Waals surface area contributed by atoms with Gasteiger partial charge in [-0.15, -0.1) is 0 Å². The fourth-order valence-electron chi connectivity index (χ4n) is 1.05. The molecule has 1 heterocycles. The van der Waals surface area contributed by atoms with E-state index in [1.54, 1.807) is 7.11 Å². The van der Waals surface area contributed by atoms with E-state index in [0.29, 0.717) is 19.0 Å². The highest BCUT2D eigenvalue weighted by molar-refractivity contribution is 5.92. The number of carbonyl (C=O) groups excluding carboxylic acids is 1. The Bertz CT molecular complexity index is 344. The Morgan fingerprint density at radius 3 is 3.06 bits per heavy atom. The maximum atomic E-state index is 11.6. The van der Waals surface area contributed by atoms with Crippen molar-refractivity contribution >= 4 is 11.7 Å². The number of methoxy groups -OCH3 is 1. The summed E-state index contributed by atoms with van der Waals surface area (Å²) in [7, 11) is 1.61. The second-order valence-corrected chi connectivity index (χ2v) is 3.04. The summed E-state index contributed by atoms with van der Waals surface area (Å²) in [6, 6.07) is 0. The minimum Gasteiger partial charge on any atom is -0.385 e. The van der Waals surface area contributed by atoms with Crippen LogP contribution in [0.15, 0.2) is 12.4 Å². The molecule has 16 heavy (non-hydrogen) atoms. The summed E-state index contributed by atoms with van der Waals surface area (Å²) in [5.74, 6) is 5.23. The minimum absolute atomic E-state index is 0.230. The average molecular weight is 225 g/mol. The number of nitrogens with one attached hydrogen (secondary N) is 2. The number of hydrogen-bond donors (Lipinski definition) is 3. The van der Waals surface area contributed by atoms with E-state index in [1.807, 2.05) is 0 Å². The second kappa shape index (κ2) is 6.70. The van der Waals surface area contributed by atoms with E-state index < -0.39 is 0 Å². The molecular formula is C9H15N5O2. The van der Waals surface area contributed by atoms with Crippen molar-refractivity contribution in [1.29, 1.82) is 0 Å². The molecule has 0 bridgehead atoms. The molecule has 7 heteroatoms. The van der Waals surface area contributed by atoms with Gasteiger partial charge >= 0.3 is 0 Å². The minimum atomic E-state index is -0.277. The predicted octanol–water partition coefficient (Wildman–Crippen LogP) is -0.471. The zero-order chi connectivity index (χ0) is 11.8. The van der Waals surface area contributed by atoms with Gasteiger partial charge in [-0.3, -0.25) is 9.78 Å². The quantitative estimate of drug-likeness (QED) is 0.343. The van der Waals surface area contributed by atoms with Crippen molar-refractivity contribution < 1.29 is 9.53 Å². The number of carbonyl (C=O) groups is 1. The number of anilines is 1. The lowest BCUT2D eigenvalue weighted by atomic mass is 10.4. The Balaban J connectivity index is 2.46. The fraction of sp³-hybridized carbons (Fsp3) is 0.444. The number of hydrazine groups is 1. The van der Waals surface area contributed by atoms with Gasteiger partial charge in [-0.25, -0.2) is 10.8 Å². The van der Waals surface area contributed by atoms with E-state index in [0.717, 1.165) is 6.42 Å². The molecule has 0 aliphatic rings. The van der Waals surface area contributed by atoms with Crippen LogP contribution in [-0.4, -0.2) is 36.1 Å². The first-order valence-corrected chi connectivity index (χ1v) is 4.83. The SMILES string of the molecule is COCCCNC(=O)c1cncc(NN)n1. The van der Waals surface area contributed by atoms with Crippen molar-refractivity contribution in [2.45, 2.75) is 6.42 Å². The van der Waals surface area contributed by atoms with Gasteiger partial charge in [-0.1, -0.05) is 0 Å². The summed E-state index contributed by atoms with van der Waals surface area (Å²) in [4.78, 5) is 19.3. The molecule has 0 radical (unpaired) electrons. The second-order valence-electron chi connectivity index (χ2n) is 3.04. The molecule has 0 spiro atoms. The first-order chi connectivity index (χ1) is 7.77. The lowest BCUT2D eigenvalue weighted by Gasteiger charge is -2.05. The molecule has 4 N–H and O–H groups in total. The van der Waals surface area contributed by atoms with Gasteiger partial charge in [0.1, 0.15) is 5.69 Å². The molecule has 0 atom stereocenters. The van der Waals surface area contributed by atoms with Gasteiger partial charge in [-0.2, -0.15) is 0 Å². The molecule has 1 aromatic rings. The molecule has 1 rings (SSSR count). The number of aromatic nitrogens is 2. The fourth-order valence-corrected chi connectivity index (χ4v) is 1.05. The van der Waals surface area contributed by atoms with Crippen molar-refractivity contribution in [2.24, 2.45) is 5.84 Å². The molecule has 0 fully saturated rings. The molecule has 0 aliphatic heterocycles. The molecule has 0 saturated carbocycles. The molecule has 1 amide bonds. The lowest BCUT2D eigenvalue weighted by Crippen LogP contribution is -2.26. The first kappa shape index (κ1) is 12.3. The van der Waals surface area contributed by atoms with Gasteiger partial charge in [-0.05, 0) is 6.42 Å². The Morgan fingerprint density at radius 2 is 2.38 bits per heavy atom. The topological polar surface area (TPSA) is 102 Å². The molecular weight excluding hydrogens is 210 g/mol. The summed E-state index contributed by atoms with van der Waals surface area (Å²) in [5, 5.41) is 2.70. The molecule has 7 nitrogen and oxygen atoms in total. The zero-order valence-corrected chi connectivity index (χ0v) is 9.06. The van der Waals surface area contributed by atoms with Crippen LogP contribution in [-0.2, 0) is 4.74 Å². The van der Waals surface area contributed by atoms with Gasteiger partial charge in [0.05, 0.1) is 12.4 Å². The summed E-state index contributed by atoms with van der Waals surface area (Å²) in [6.07, 6.45) is 3.57. The summed E-state index contributed by atoms with van der Waals surface area (Å²) >= 11 is 0. The van der Waals surface area contributed by atoms with Crippen LogP contribution in [0, 0.1) is 0 Å². The Labute approximate surface area is 93.4 Å². The normalized spacial score (nSPS) is 9.88. The van der Waals surface area contributed by atoms with Gasteiger partial charge in [0.15, 0.2) is 5.82 Å². The number of nitrogens with zero attached hydrogens (tertiary/aromatic N) is 2. The number of amides is 1. The van der Waals surface area contributed by atoms with E-state index in [1.165, 1.54) is 12.4 Å². The summed E-state index contributed by atoms with van der Waals surface area (Å²) in [5.41, 5.74) is 2.55. The molecule has 0 aromatic carbocycles. The van der Waals surface area contributed by atoms with Crippen LogP contribution in [0.5, 0.6) is 0 Å². The van der Waals surface area contributed by atoms with Crippen molar-refractivity contribution in [3.05, 3.63) is 18.1 Å². The third-order valence-electron chi connectivity index (χ3n) is 1.83. The smallest absolute Gasteiger partial charge is 0.271 e. The monoisotopic (exact) mass is 225 g/mol. The predicted molar refractivity (Wildman–Crippen MR) is 58.7 cm³/mol. The Hall–Kier alpha value is -1.73. The highest BCUT2D eigenvalue weighted by Crippen LogP contribution is 1.99. The van der Waals surface area contributed by atoms with Crippen molar-refractivity contribution in [2.75, 3.05) is 25.7 Å². The van der Waals surface area contributed by atoms with Crippen LogP contribution in [0.4, 0.5) is 5.82 Å². The van der Waals surface area contributed by atoms with Crippen LogP contribution in [0.25, 0.3) is 0 Å². The number of rotatable bonds is 6. The van der Waals surface area contributed by atoms with Crippen LogP contribution < -0.4 is 16.6 Å². The van der Waals surface area contributed by atoms with Gasteiger partial charge in [0.2, 0.25) is 0 Å². The molecule has 88 valence electrons. The van der Waals surface area contributed by atoms with E-state index in [2.05, 4.69) is 20.7 Å². The summed E-state index contributed by atoms with van der Waals surface area (Å²) < 4.78 is 4.86. The molecule has 0 aliphatic carbocycles. The van der Waals surface area contributed by atoms with Crippen molar-refractivity contribution in [1.82, 2.24) is 15.3 Å². The van der Waals surface area contributed by atoms with E-state index in [-0.39, 0.29) is 11.6 Å². The third kappa shape index (κ3) is 3.79. The standard InChI is InChI=1S/C9H15N5O2/c1-16-4-2-3-12-9(15)7-5-11-6-8(13-7)14-10/h5-6H,2-4,10H2,1H3,(H,12,15)(H,13,14). The van der Waals surface area contributed by atoms with Gasteiger partial charge in [0.25, 0.3) is 5.91 Å². The van der Waals surface area contributed by atoms with E-state index in [9.17, 15) is 4.79 Å². The van der Waals surface area contributed by atoms with Crippen LogP contribution in [0.2, 0.25) is 0 Å². The first-order valence-electron chi connectivity index (χ1n) is 4.83. The van der Waals surface area contributed by atoms with Crippen molar-refractivity contribution in [3.8, 4) is 0 Å². The summed E-state index contributed by atoms with van der Waals surface area (Å²) in [6.45, 7) is 1.14. The maximum Gasteiger partial charge on any atom is 0.271 e. The molecule has 0 unspecified atom stereocenters. The number of ether oxygens (including phenoxy) is 1. The highest BCUT2D eigenvalue weighted by atomic mass is 16.5. The van der Waals surface area contributed by atoms with Crippen LogP contribution in [0.3, 0.4) is 0 Å². The number of hydrogen-bond acceptors (Lipinski definition) is 6. The van der Waals surface area contributed by atoms with E-state index in [4.69, 9.17) is 10.6 Å². The zero-order valence-electron chi connectivity index (χ0n) is 9.06. The van der Waals surface area contributed by atoms with Gasteiger partial charge in [0, 0.05) is 20.3 Å². The van der Waals surface area contributed by atoms with Gasteiger partial charge < -0.3 is 15.5 Å².